The number of benzene rings is 1. The van der Waals surface area contributed by atoms with Crippen molar-refractivity contribution in [2.75, 3.05) is 11.1 Å². The van der Waals surface area contributed by atoms with Gasteiger partial charge in [0, 0.05) is 24.2 Å². The predicted molar refractivity (Wildman–Crippen MR) is 87.9 cm³/mol. The quantitative estimate of drug-likeness (QED) is 0.751. The Kier molecular flexibility index (Phi) is 3.11. The zero-order valence-electron chi connectivity index (χ0n) is 12.0. The Morgan fingerprint density at radius 3 is 3.05 bits per heavy atom. The van der Waals surface area contributed by atoms with Crippen molar-refractivity contribution in [3.05, 3.63) is 53.9 Å². The maximum absolute atomic E-state index is 11.9. The van der Waals surface area contributed by atoms with Crippen molar-refractivity contribution in [3.8, 4) is 0 Å². The summed E-state index contributed by atoms with van der Waals surface area (Å²) in [6, 6.07) is 10.2. The van der Waals surface area contributed by atoms with E-state index in [1.807, 2.05) is 25.4 Å². The molecule has 1 amide bonds. The fraction of sp³-hybridized carbons (Fsp3) is 0.188. The molecule has 22 heavy (non-hydrogen) atoms. The number of pyridine rings is 1. The summed E-state index contributed by atoms with van der Waals surface area (Å²) in [5.74, 6) is 1.20. The van der Waals surface area contributed by atoms with Crippen molar-refractivity contribution >= 4 is 34.4 Å². The number of para-hydroxylation sites is 1. The predicted octanol–water partition coefficient (Wildman–Crippen LogP) is 2.74. The lowest BCUT2D eigenvalue weighted by molar-refractivity contribution is -0.113. The van der Waals surface area contributed by atoms with Crippen LogP contribution >= 0.6 is 11.8 Å². The first kappa shape index (κ1) is 13.3. The standard InChI is InChI=1S/C16H14N4OS/c1-20-16-12(8-18-20)15(22-9-13(21)19-16)11-6-2-4-10-5-3-7-17-14(10)11/h2-8,15H,9H2,1H3,(H,19,21)/t15-/m0/s1. The highest BCUT2D eigenvalue weighted by atomic mass is 32.2. The highest BCUT2D eigenvalue weighted by molar-refractivity contribution is 8.00. The van der Waals surface area contributed by atoms with Crippen LogP contribution < -0.4 is 5.32 Å². The number of nitrogens with one attached hydrogen (secondary N) is 1. The Morgan fingerprint density at radius 1 is 1.27 bits per heavy atom. The van der Waals surface area contributed by atoms with Crippen LogP contribution in [0.2, 0.25) is 0 Å². The maximum Gasteiger partial charge on any atom is 0.235 e. The lowest BCUT2D eigenvalue weighted by Gasteiger charge is -2.15. The number of fused-ring (bicyclic) bond motifs is 2. The van der Waals surface area contributed by atoms with E-state index in [1.54, 1.807) is 22.6 Å². The van der Waals surface area contributed by atoms with E-state index in [-0.39, 0.29) is 11.2 Å². The molecule has 1 N–H and O–H groups in total. The molecule has 0 saturated carbocycles. The first-order valence-corrected chi connectivity index (χ1v) is 8.06. The molecule has 0 fully saturated rings. The second-order valence-corrected chi connectivity index (χ2v) is 6.33. The second kappa shape index (κ2) is 5.14. The van der Waals surface area contributed by atoms with E-state index in [0.717, 1.165) is 27.8 Å². The van der Waals surface area contributed by atoms with Gasteiger partial charge in [0.25, 0.3) is 0 Å². The lowest BCUT2D eigenvalue weighted by Crippen LogP contribution is -2.15. The number of hydrogen-bond acceptors (Lipinski definition) is 4. The Balaban J connectivity index is 1.93. The highest BCUT2D eigenvalue weighted by Gasteiger charge is 2.28. The van der Waals surface area contributed by atoms with Gasteiger partial charge in [0.05, 0.1) is 22.7 Å². The van der Waals surface area contributed by atoms with Crippen LogP contribution in [0.25, 0.3) is 10.9 Å². The van der Waals surface area contributed by atoms with Crippen molar-refractivity contribution in [1.29, 1.82) is 0 Å². The van der Waals surface area contributed by atoms with Gasteiger partial charge in [-0.1, -0.05) is 24.3 Å². The molecule has 0 bridgehead atoms. The Morgan fingerprint density at radius 2 is 2.14 bits per heavy atom. The van der Waals surface area contributed by atoms with Crippen molar-refractivity contribution in [3.63, 3.8) is 0 Å². The van der Waals surface area contributed by atoms with Crippen molar-refractivity contribution in [2.45, 2.75) is 5.25 Å². The fourth-order valence-corrected chi connectivity index (χ4v) is 3.93. The average Bonchev–Trinajstić information content (AvgIpc) is 2.80. The molecule has 6 heteroatoms. The number of amides is 1. The lowest BCUT2D eigenvalue weighted by atomic mass is 10.0. The van der Waals surface area contributed by atoms with Gasteiger partial charge >= 0.3 is 0 Å². The van der Waals surface area contributed by atoms with Gasteiger partial charge in [0.1, 0.15) is 5.82 Å². The van der Waals surface area contributed by atoms with Gasteiger partial charge in [-0.15, -0.1) is 11.8 Å². The number of carbonyl (C=O) groups is 1. The number of rotatable bonds is 1. The van der Waals surface area contributed by atoms with E-state index in [2.05, 4.69) is 33.6 Å². The normalized spacial score (nSPS) is 17.9. The van der Waals surface area contributed by atoms with Gasteiger partial charge in [-0.2, -0.15) is 5.10 Å². The summed E-state index contributed by atoms with van der Waals surface area (Å²) < 4.78 is 1.71. The van der Waals surface area contributed by atoms with E-state index in [0.29, 0.717) is 5.75 Å². The molecule has 1 aliphatic rings. The molecule has 0 aliphatic carbocycles. The molecular formula is C16H14N4OS. The summed E-state index contributed by atoms with van der Waals surface area (Å²) in [5.41, 5.74) is 3.12. The van der Waals surface area contributed by atoms with Gasteiger partial charge < -0.3 is 5.32 Å². The van der Waals surface area contributed by atoms with E-state index >= 15 is 0 Å². The minimum absolute atomic E-state index is 0.00514. The Hall–Kier alpha value is -2.34. The summed E-state index contributed by atoms with van der Waals surface area (Å²) in [7, 11) is 1.84. The van der Waals surface area contributed by atoms with Gasteiger partial charge in [0.2, 0.25) is 5.91 Å². The van der Waals surface area contributed by atoms with Crippen molar-refractivity contribution < 1.29 is 4.79 Å². The molecule has 1 aromatic carbocycles. The summed E-state index contributed by atoms with van der Waals surface area (Å²) in [5, 5.41) is 8.39. The van der Waals surface area contributed by atoms with E-state index < -0.39 is 0 Å². The molecule has 0 radical (unpaired) electrons. The number of aromatic nitrogens is 3. The first-order chi connectivity index (χ1) is 10.7. The third-order valence-electron chi connectivity index (χ3n) is 3.83. The smallest absolute Gasteiger partial charge is 0.235 e. The van der Waals surface area contributed by atoms with Crippen molar-refractivity contribution in [1.82, 2.24) is 14.8 Å². The third-order valence-corrected chi connectivity index (χ3v) is 5.10. The van der Waals surface area contributed by atoms with Crippen LogP contribution in [0.15, 0.2) is 42.7 Å². The van der Waals surface area contributed by atoms with Crippen LogP contribution in [-0.2, 0) is 11.8 Å². The number of thioether (sulfide) groups is 1. The summed E-state index contributed by atoms with van der Waals surface area (Å²) >= 11 is 1.61. The molecule has 2 aromatic heterocycles. The van der Waals surface area contributed by atoms with Crippen molar-refractivity contribution in [2.24, 2.45) is 7.05 Å². The highest BCUT2D eigenvalue weighted by Crippen LogP contribution is 2.42. The van der Waals surface area contributed by atoms with Crippen LogP contribution in [0.4, 0.5) is 5.82 Å². The summed E-state index contributed by atoms with van der Waals surface area (Å²) in [4.78, 5) is 16.5. The van der Waals surface area contributed by atoms with Gasteiger partial charge in [-0.05, 0) is 11.6 Å². The molecule has 1 atom stereocenters. The zero-order chi connectivity index (χ0) is 15.1. The molecule has 0 unspecified atom stereocenters. The number of aryl methyl sites for hydroxylation is 1. The molecular weight excluding hydrogens is 296 g/mol. The first-order valence-electron chi connectivity index (χ1n) is 7.01. The summed E-state index contributed by atoms with van der Waals surface area (Å²) in [6.45, 7) is 0. The number of hydrogen-bond donors (Lipinski definition) is 1. The zero-order valence-corrected chi connectivity index (χ0v) is 12.8. The molecule has 4 rings (SSSR count). The van der Waals surface area contributed by atoms with Crippen LogP contribution in [0.3, 0.4) is 0 Å². The van der Waals surface area contributed by atoms with Crippen LogP contribution in [0.1, 0.15) is 16.4 Å². The fourth-order valence-electron chi connectivity index (χ4n) is 2.81. The summed E-state index contributed by atoms with van der Waals surface area (Å²) in [6.07, 6.45) is 3.64. The molecule has 0 spiro atoms. The monoisotopic (exact) mass is 310 g/mol. The molecule has 1 aliphatic heterocycles. The van der Waals surface area contributed by atoms with Gasteiger partial charge in [-0.3, -0.25) is 14.5 Å². The molecule has 110 valence electrons. The molecule has 3 heterocycles. The Bertz CT molecular complexity index is 868. The number of nitrogens with zero attached hydrogens (tertiary/aromatic N) is 3. The largest absolute Gasteiger partial charge is 0.310 e. The van der Waals surface area contributed by atoms with E-state index in [1.165, 1.54) is 0 Å². The van der Waals surface area contributed by atoms with E-state index in [9.17, 15) is 4.79 Å². The third kappa shape index (κ3) is 2.07. The van der Waals surface area contributed by atoms with Crippen LogP contribution in [0, 0.1) is 0 Å². The minimum atomic E-state index is 0.00514. The second-order valence-electron chi connectivity index (χ2n) is 5.23. The van der Waals surface area contributed by atoms with Crippen LogP contribution in [0.5, 0.6) is 0 Å². The van der Waals surface area contributed by atoms with Crippen LogP contribution in [-0.4, -0.2) is 26.4 Å². The number of carbonyl (C=O) groups excluding carboxylic acids is 1. The molecule has 5 nitrogen and oxygen atoms in total. The SMILES string of the molecule is Cn1ncc2c1NC(=O)CS[C@H]2c1cccc2cccnc12. The van der Waals surface area contributed by atoms with Gasteiger partial charge in [0.15, 0.2) is 0 Å². The topological polar surface area (TPSA) is 59.8 Å². The minimum Gasteiger partial charge on any atom is -0.310 e. The maximum atomic E-state index is 11.9. The molecule has 3 aromatic rings. The average molecular weight is 310 g/mol. The molecule has 0 saturated heterocycles. The Labute approximate surface area is 131 Å². The number of anilines is 1. The van der Waals surface area contributed by atoms with E-state index in [4.69, 9.17) is 0 Å². The van der Waals surface area contributed by atoms with Gasteiger partial charge in [-0.25, -0.2) is 0 Å².